The number of anilines is 2. The Balaban J connectivity index is 1.48. The Labute approximate surface area is 200 Å². The highest BCUT2D eigenvalue weighted by Crippen LogP contribution is 2.34. The number of carbonyl (C=O) groups is 2. The molecule has 4 heterocycles. The van der Waals surface area contributed by atoms with Gasteiger partial charge in [0, 0.05) is 30.6 Å². The zero-order valence-corrected chi connectivity index (χ0v) is 19.1. The maximum Gasteiger partial charge on any atom is 0.412 e. The molecule has 1 N–H and O–H groups in total. The summed E-state index contributed by atoms with van der Waals surface area (Å²) in [5.74, 6) is -0.183. The molecule has 0 spiro atoms. The van der Waals surface area contributed by atoms with Crippen molar-refractivity contribution < 1.29 is 23.5 Å². The number of fused-ring (bicyclic) bond motifs is 2. The van der Waals surface area contributed by atoms with Crippen molar-refractivity contribution in [1.29, 1.82) is 0 Å². The maximum atomic E-state index is 14.2. The molecular weight excluding hydrogens is 453 g/mol. The van der Waals surface area contributed by atoms with Gasteiger partial charge < -0.3 is 14.4 Å². The summed E-state index contributed by atoms with van der Waals surface area (Å²) in [5.41, 5.74) is 4.04. The molecule has 0 saturated heterocycles. The molecule has 2 amide bonds. The number of nitrogens with one attached hydrogen (secondary N) is 1. The second kappa shape index (κ2) is 9.05. The Morgan fingerprint density at radius 3 is 2.69 bits per heavy atom. The van der Waals surface area contributed by atoms with Crippen LogP contribution in [0.5, 0.6) is 5.75 Å². The van der Waals surface area contributed by atoms with Crippen molar-refractivity contribution in [3.05, 3.63) is 71.9 Å². The molecule has 178 valence electrons. The first-order valence-electron chi connectivity index (χ1n) is 11.0. The van der Waals surface area contributed by atoms with Crippen LogP contribution in [0.2, 0.25) is 0 Å². The number of nitrogens with zero attached hydrogens (tertiary/aromatic N) is 4. The van der Waals surface area contributed by atoms with Crippen LogP contribution < -0.4 is 15.0 Å². The largest absolute Gasteiger partial charge is 0.494 e. The number of pyridine rings is 2. The van der Waals surface area contributed by atoms with Gasteiger partial charge in [0.15, 0.2) is 11.6 Å². The molecule has 0 fully saturated rings. The molecule has 5 rings (SSSR count). The minimum absolute atomic E-state index is 0.105. The Bertz CT molecular complexity index is 1430. The second-order valence-corrected chi connectivity index (χ2v) is 8.01. The average molecular weight is 475 g/mol. The monoisotopic (exact) mass is 475 g/mol. The summed E-state index contributed by atoms with van der Waals surface area (Å²) in [7, 11) is 2.68. The van der Waals surface area contributed by atoms with E-state index in [0.717, 1.165) is 23.2 Å². The Kier molecular flexibility index (Phi) is 5.77. The van der Waals surface area contributed by atoms with Gasteiger partial charge in [-0.15, -0.1) is 0 Å². The molecule has 0 saturated carbocycles. The number of amides is 2. The van der Waals surface area contributed by atoms with Crippen LogP contribution in [0.3, 0.4) is 0 Å². The number of halogens is 1. The van der Waals surface area contributed by atoms with E-state index in [-0.39, 0.29) is 11.7 Å². The van der Waals surface area contributed by atoms with Crippen LogP contribution in [-0.4, -0.2) is 47.1 Å². The number of hydrogen-bond donors (Lipinski definition) is 1. The zero-order chi connectivity index (χ0) is 24.5. The third kappa shape index (κ3) is 4.14. The van der Waals surface area contributed by atoms with E-state index in [1.54, 1.807) is 53.8 Å². The van der Waals surface area contributed by atoms with Gasteiger partial charge >= 0.3 is 6.09 Å². The minimum Gasteiger partial charge on any atom is -0.494 e. The highest BCUT2D eigenvalue weighted by Gasteiger charge is 2.26. The second-order valence-electron chi connectivity index (χ2n) is 8.01. The summed E-state index contributed by atoms with van der Waals surface area (Å²) in [4.78, 5) is 35.2. The van der Waals surface area contributed by atoms with Crippen molar-refractivity contribution in [2.75, 3.05) is 31.0 Å². The normalized spacial score (nSPS) is 12.8. The molecule has 10 heteroatoms. The molecule has 0 bridgehead atoms. The molecule has 1 aliphatic heterocycles. The van der Waals surface area contributed by atoms with Crippen LogP contribution >= 0.6 is 0 Å². The third-order valence-corrected chi connectivity index (χ3v) is 5.94. The zero-order valence-electron chi connectivity index (χ0n) is 19.1. The van der Waals surface area contributed by atoms with Gasteiger partial charge in [-0.25, -0.2) is 19.2 Å². The lowest BCUT2D eigenvalue weighted by atomic mass is 10.00. The first kappa shape index (κ1) is 22.3. The van der Waals surface area contributed by atoms with Crippen LogP contribution in [0.25, 0.3) is 16.9 Å². The van der Waals surface area contributed by atoms with E-state index in [1.165, 1.54) is 20.3 Å². The molecule has 0 unspecified atom stereocenters. The van der Waals surface area contributed by atoms with Gasteiger partial charge in [-0.3, -0.25) is 14.5 Å². The Morgan fingerprint density at radius 2 is 1.94 bits per heavy atom. The first-order valence-corrected chi connectivity index (χ1v) is 11.0. The number of carbonyl (C=O) groups excluding carboxylic acids is 2. The first-order chi connectivity index (χ1) is 17.0. The number of hydrogen-bond acceptors (Lipinski definition) is 6. The summed E-state index contributed by atoms with van der Waals surface area (Å²) in [6, 6.07) is 9.96. The van der Waals surface area contributed by atoms with Crippen molar-refractivity contribution in [2.45, 2.75) is 12.8 Å². The van der Waals surface area contributed by atoms with E-state index in [0.29, 0.717) is 35.7 Å². The number of imidazole rings is 1. The summed E-state index contributed by atoms with van der Waals surface area (Å²) in [6.45, 7) is 0.522. The number of aromatic nitrogens is 3. The summed E-state index contributed by atoms with van der Waals surface area (Å²) >= 11 is 0. The van der Waals surface area contributed by atoms with E-state index in [2.05, 4.69) is 20.0 Å². The lowest BCUT2D eigenvalue weighted by molar-refractivity contribution is 0.0984. The molecule has 35 heavy (non-hydrogen) atoms. The van der Waals surface area contributed by atoms with Gasteiger partial charge in [0.05, 0.1) is 37.4 Å². The minimum atomic E-state index is -0.608. The van der Waals surface area contributed by atoms with Crippen molar-refractivity contribution >= 4 is 29.2 Å². The molecule has 0 aliphatic carbocycles. The van der Waals surface area contributed by atoms with Gasteiger partial charge in [0.2, 0.25) is 0 Å². The third-order valence-electron chi connectivity index (χ3n) is 5.94. The van der Waals surface area contributed by atoms with Gasteiger partial charge in [-0.1, -0.05) is 0 Å². The lowest BCUT2D eigenvalue weighted by Crippen LogP contribution is -2.35. The fraction of sp³-hybridized carbons (Fsp3) is 0.200. The highest BCUT2D eigenvalue weighted by molar-refractivity contribution is 6.07. The molecule has 9 nitrogen and oxygen atoms in total. The van der Waals surface area contributed by atoms with E-state index in [9.17, 15) is 14.0 Å². The molecule has 3 aromatic heterocycles. The number of methoxy groups -OCH3 is 2. The smallest absolute Gasteiger partial charge is 0.412 e. The summed E-state index contributed by atoms with van der Waals surface area (Å²) < 4.78 is 25.7. The van der Waals surface area contributed by atoms with E-state index in [1.807, 2.05) is 4.40 Å². The predicted molar refractivity (Wildman–Crippen MR) is 127 cm³/mol. The van der Waals surface area contributed by atoms with Crippen molar-refractivity contribution in [3.63, 3.8) is 0 Å². The fourth-order valence-electron chi connectivity index (χ4n) is 4.20. The van der Waals surface area contributed by atoms with Crippen molar-refractivity contribution in [1.82, 2.24) is 14.4 Å². The van der Waals surface area contributed by atoms with Crippen LogP contribution in [0.15, 0.2) is 55.0 Å². The molecular formula is C25H22FN5O4. The highest BCUT2D eigenvalue weighted by atomic mass is 19.1. The summed E-state index contributed by atoms with van der Waals surface area (Å²) in [6.07, 6.45) is 5.85. The fourth-order valence-corrected chi connectivity index (χ4v) is 4.20. The average Bonchev–Trinajstić information content (AvgIpc) is 3.31. The van der Waals surface area contributed by atoms with E-state index in [4.69, 9.17) is 4.74 Å². The van der Waals surface area contributed by atoms with Crippen LogP contribution in [0.4, 0.5) is 20.7 Å². The van der Waals surface area contributed by atoms with E-state index < -0.39 is 11.9 Å². The summed E-state index contributed by atoms with van der Waals surface area (Å²) in [5, 5.41) is 2.50. The predicted octanol–water partition coefficient (Wildman–Crippen LogP) is 4.32. The van der Waals surface area contributed by atoms with Crippen molar-refractivity contribution in [2.24, 2.45) is 0 Å². The molecule has 0 atom stereocenters. The molecule has 0 radical (unpaired) electrons. The van der Waals surface area contributed by atoms with Gasteiger partial charge in [0.1, 0.15) is 11.5 Å². The number of aryl methyl sites for hydroxylation is 1. The van der Waals surface area contributed by atoms with Crippen molar-refractivity contribution in [3.8, 4) is 17.0 Å². The van der Waals surface area contributed by atoms with Gasteiger partial charge in [-0.2, -0.15) is 0 Å². The van der Waals surface area contributed by atoms with Gasteiger partial charge in [0.25, 0.3) is 5.91 Å². The Hall–Kier alpha value is -4.47. The van der Waals surface area contributed by atoms with E-state index >= 15 is 0 Å². The molecule has 1 aliphatic rings. The SMILES string of the molecule is COC(=O)Nc1ccc(-c2cnc3ccc(C(=O)N4CCCc5cc(F)c(OC)cc54)cn23)cn1. The topological polar surface area (TPSA) is 98.1 Å². The number of rotatable bonds is 4. The maximum absolute atomic E-state index is 14.2. The Morgan fingerprint density at radius 1 is 1.09 bits per heavy atom. The van der Waals surface area contributed by atoms with Crippen LogP contribution in [0, 0.1) is 5.82 Å². The quantitative estimate of drug-likeness (QED) is 0.472. The standard InChI is InChI=1S/C25H22FN5O4/c1-34-21-11-19-15(10-18(21)26)4-3-9-30(19)24(32)17-6-8-23-28-13-20(31(23)14-17)16-5-7-22(27-12-16)29-25(33)35-2/h5-8,10-14H,3-4,9H2,1-2H3,(H,27,29,33). The lowest BCUT2D eigenvalue weighted by Gasteiger charge is -2.30. The van der Waals surface area contributed by atoms with Crippen LogP contribution in [-0.2, 0) is 11.2 Å². The van der Waals surface area contributed by atoms with Crippen LogP contribution in [0.1, 0.15) is 22.3 Å². The van der Waals surface area contributed by atoms with Gasteiger partial charge in [-0.05, 0) is 48.7 Å². The molecule has 4 aromatic rings. The number of ether oxygens (including phenoxy) is 2. The molecule has 1 aromatic carbocycles. The number of benzene rings is 1.